The number of nitrogens with one attached hydrogen (secondary N) is 1. The first kappa shape index (κ1) is 20.8. The second kappa shape index (κ2) is 9.11. The number of thiophene rings is 1. The molecular formula is C21H21N5OS3. The number of rotatable bonds is 7. The molecule has 4 aromatic rings. The zero-order chi connectivity index (χ0) is 21.1. The minimum atomic E-state index is -0.139. The molecule has 0 atom stereocenters. The molecule has 0 saturated heterocycles. The third-order valence-electron chi connectivity index (χ3n) is 4.16. The van der Waals surface area contributed by atoms with Gasteiger partial charge in [-0.1, -0.05) is 30.0 Å². The van der Waals surface area contributed by atoms with E-state index in [0.717, 1.165) is 26.6 Å². The molecule has 0 spiro atoms. The van der Waals surface area contributed by atoms with Crippen LogP contribution >= 0.6 is 34.4 Å². The van der Waals surface area contributed by atoms with Gasteiger partial charge in [0.15, 0.2) is 11.0 Å². The van der Waals surface area contributed by atoms with Crippen molar-refractivity contribution in [2.24, 2.45) is 0 Å². The molecule has 1 N–H and O–H groups in total. The number of thioether (sulfide) groups is 1. The Morgan fingerprint density at radius 3 is 2.80 bits per heavy atom. The van der Waals surface area contributed by atoms with Crippen molar-refractivity contribution >= 4 is 40.3 Å². The summed E-state index contributed by atoms with van der Waals surface area (Å²) in [6.45, 7) is 5.94. The summed E-state index contributed by atoms with van der Waals surface area (Å²) in [7, 11) is 0. The fraction of sp³-hybridized carbons (Fsp3) is 0.238. The second-order valence-electron chi connectivity index (χ2n) is 7.00. The van der Waals surface area contributed by atoms with Gasteiger partial charge in [-0.2, -0.15) is 0 Å². The highest BCUT2D eigenvalue weighted by Crippen LogP contribution is 2.32. The fourth-order valence-electron chi connectivity index (χ4n) is 2.87. The Morgan fingerprint density at radius 1 is 1.20 bits per heavy atom. The summed E-state index contributed by atoms with van der Waals surface area (Å²) in [5.74, 6) is 1.31. The lowest BCUT2D eigenvalue weighted by molar-refractivity contribution is 0.0938. The maximum atomic E-state index is 12.1. The lowest BCUT2D eigenvalue weighted by Gasteiger charge is -2.10. The smallest absolute Gasteiger partial charge is 0.270 e. The topological polar surface area (TPSA) is 72.7 Å². The molecule has 0 aliphatic carbocycles. The van der Waals surface area contributed by atoms with Crippen molar-refractivity contribution in [1.29, 1.82) is 0 Å². The molecule has 154 valence electrons. The Balaban J connectivity index is 1.59. The van der Waals surface area contributed by atoms with Crippen molar-refractivity contribution in [3.8, 4) is 16.4 Å². The summed E-state index contributed by atoms with van der Waals surface area (Å²) >= 11 is 4.69. The van der Waals surface area contributed by atoms with Gasteiger partial charge in [-0.05, 0) is 49.9 Å². The quantitative estimate of drug-likeness (QED) is 0.388. The second-order valence-corrected chi connectivity index (χ2v) is 9.83. The van der Waals surface area contributed by atoms with Gasteiger partial charge >= 0.3 is 0 Å². The number of aromatic nitrogens is 4. The van der Waals surface area contributed by atoms with Crippen LogP contribution in [0.2, 0.25) is 0 Å². The van der Waals surface area contributed by atoms with Gasteiger partial charge in [-0.25, -0.2) is 4.98 Å². The number of carbonyl (C=O) groups is 1. The average Bonchev–Trinajstić information content (AvgIpc) is 3.45. The van der Waals surface area contributed by atoms with E-state index in [1.165, 1.54) is 16.9 Å². The van der Waals surface area contributed by atoms with Crippen LogP contribution in [0.5, 0.6) is 0 Å². The number of carbonyl (C=O) groups excluding carboxylic acids is 1. The zero-order valence-electron chi connectivity index (χ0n) is 16.8. The van der Waals surface area contributed by atoms with Crippen LogP contribution in [0.3, 0.4) is 0 Å². The van der Waals surface area contributed by atoms with Crippen molar-refractivity contribution in [3.05, 3.63) is 63.4 Å². The molecule has 0 saturated carbocycles. The van der Waals surface area contributed by atoms with Gasteiger partial charge in [0.05, 0.1) is 16.3 Å². The zero-order valence-corrected chi connectivity index (χ0v) is 19.3. The summed E-state index contributed by atoms with van der Waals surface area (Å²) in [6, 6.07) is 12.5. The van der Waals surface area contributed by atoms with Crippen molar-refractivity contribution < 1.29 is 4.79 Å². The van der Waals surface area contributed by atoms with Crippen molar-refractivity contribution in [2.45, 2.75) is 37.7 Å². The number of hydrogen-bond donors (Lipinski definition) is 1. The van der Waals surface area contributed by atoms with Gasteiger partial charge in [-0.15, -0.1) is 32.9 Å². The van der Waals surface area contributed by atoms with E-state index in [0.29, 0.717) is 11.4 Å². The Labute approximate surface area is 187 Å². The van der Waals surface area contributed by atoms with E-state index in [1.807, 2.05) is 31.4 Å². The molecule has 0 unspecified atom stereocenters. The average molecular weight is 456 g/mol. The number of thiazole rings is 1. The molecule has 1 aromatic carbocycles. The third kappa shape index (κ3) is 4.63. The predicted octanol–water partition coefficient (Wildman–Crippen LogP) is 5.19. The van der Waals surface area contributed by atoms with Crippen LogP contribution in [0.15, 0.2) is 52.3 Å². The monoisotopic (exact) mass is 455 g/mol. The van der Waals surface area contributed by atoms with Crippen LogP contribution < -0.4 is 5.32 Å². The number of benzene rings is 1. The highest BCUT2D eigenvalue weighted by Gasteiger charge is 2.18. The first-order valence-electron chi connectivity index (χ1n) is 9.45. The standard InChI is InChI=1S/C21H21N5OS3/c1-13(2)22-20(27)16-11-29-18(23-16)12-30-21-25-24-19(17-8-5-9-28-17)26(21)15-7-4-6-14(3)10-15/h4-11,13H,12H2,1-3H3,(H,22,27). The molecule has 4 rings (SSSR count). The van der Waals surface area contributed by atoms with Gasteiger partial charge in [-0.3, -0.25) is 9.36 Å². The molecule has 0 bridgehead atoms. The fourth-order valence-corrected chi connectivity index (χ4v) is 5.31. The summed E-state index contributed by atoms with van der Waals surface area (Å²) < 4.78 is 2.09. The van der Waals surface area contributed by atoms with E-state index in [4.69, 9.17) is 0 Å². The molecular weight excluding hydrogens is 434 g/mol. The molecule has 30 heavy (non-hydrogen) atoms. The van der Waals surface area contributed by atoms with E-state index in [-0.39, 0.29) is 11.9 Å². The normalized spacial score (nSPS) is 11.2. The molecule has 0 fully saturated rings. The van der Waals surface area contributed by atoms with Gasteiger partial charge in [0.2, 0.25) is 0 Å². The van der Waals surface area contributed by atoms with Gasteiger partial charge < -0.3 is 5.32 Å². The molecule has 3 aromatic heterocycles. The summed E-state index contributed by atoms with van der Waals surface area (Å²) in [5.41, 5.74) is 2.67. The molecule has 9 heteroatoms. The Hall–Kier alpha value is -2.49. The van der Waals surface area contributed by atoms with E-state index < -0.39 is 0 Å². The minimum absolute atomic E-state index is 0.0839. The van der Waals surface area contributed by atoms with E-state index >= 15 is 0 Å². The van der Waals surface area contributed by atoms with Gasteiger partial charge in [0.25, 0.3) is 5.91 Å². The van der Waals surface area contributed by atoms with Crippen molar-refractivity contribution in [3.63, 3.8) is 0 Å². The van der Waals surface area contributed by atoms with Crippen LogP contribution in [0, 0.1) is 6.92 Å². The van der Waals surface area contributed by atoms with Crippen LogP contribution in [0.25, 0.3) is 16.4 Å². The molecule has 0 radical (unpaired) electrons. The highest BCUT2D eigenvalue weighted by atomic mass is 32.2. The largest absolute Gasteiger partial charge is 0.349 e. The van der Waals surface area contributed by atoms with Gasteiger partial charge in [0, 0.05) is 11.4 Å². The first-order valence-corrected chi connectivity index (χ1v) is 12.2. The van der Waals surface area contributed by atoms with Crippen LogP contribution in [0.1, 0.15) is 34.9 Å². The van der Waals surface area contributed by atoms with Crippen molar-refractivity contribution in [1.82, 2.24) is 25.1 Å². The molecule has 1 amide bonds. The highest BCUT2D eigenvalue weighted by molar-refractivity contribution is 7.98. The summed E-state index contributed by atoms with van der Waals surface area (Å²) in [4.78, 5) is 17.7. The number of amides is 1. The van der Waals surface area contributed by atoms with E-state index in [9.17, 15) is 4.79 Å². The molecule has 6 nitrogen and oxygen atoms in total. The maximum Gasteiger partial charge on any atom is 0.270 e. The van der Waals surface area contributed by atoms with Gasteiger partial charge in [0.1, 0.15) is 10.7 Å². The first-order chi connectivity index (χ1) is 14.5. The van der Waals surface area contributed by atoms with E-state index in [1.54, 1.807) is 28.5 Å². The van der Waals surface area contributed by atoms with Crippen LogP contribution in [-0.2, 0) is 5.75 Å². The summed E-state index contributed by atoms with van der Waals surface area (Å²) in [6.07, 6.45) is 0. The lowest BCUT2D eigenvalue weighted by Crippen LogP contribution is -2.30. The number of aryl methyl sites for hydroxylation is 1. The minimum Gasteiger partial charge on any atom is -0.349 e. The molecule has 3 heterocycles. The molecule has 0 aliphatic heterocycles. The molecule has 0 aliphatic rings. The Bertz CT molecular complexity index is 1150. The summed E-state index contributed by atoms with van der Waals surface area (Å²) in [5, 5.41) is 17.3. The van der Waals surface area contributed by atoms with Crippen LogP contribution in [0.4, 0.5) is 0 Å². The third-order valence-corrected chi connectivity index (χ3v) is 7.00. The Morgan fingerprint density at radius 2 is 2.07 bits per heavy atom. The van der Waals surface area contributed by atoms with E-state index in [2.05, 4.69) is 56.3 Å². The number of hydrogen-bond acceptors (Lipinski definition) is 7. The van der Waals surface area contributed by atoms with Crippen molar-refractivity contribution in [2.75, 3.05) is 0 Å². The lowest BCUT2D eigenvalue weighted by atomic mass is 10.2. The number of nitrogens with zero attached hydrogens (tertiary/aromatic N) is 4. The SMILES string of the molecule is Cc1cccc(-n2c(SCc3nc(C(=O)NC(C)C)cs3)nnc2-c2cccs2)c1. The Kier molecular flexibility index (Phi) is 6.31. The predicted molar refractivity (Wildman–Crippen MR) is 124 cm³/mol. The maximum absolute atomic E-state index is 12.1. The van der Waals surface area contributed by atoms with Crippen LogP contribution in [-0.4, -0.2) is 31.7 Å².